The maximum Gasteiger partial charge on any atom is 0.0440 e. The molecule has 0 aromatic heterocycles. The lowest BCUT2D eigenvalue weighted by atomic mass is 9.75. The predicted octanol–water partition coefficient (Wildman–Crippen LogP) is 5.66. The molecule has 0 aliphatic heterocycles. The second-order valence-corrected chi connectivity index (χ2v) is 6.33. The van der Waals surface area contributed by atoms with Crippen molar-refractivity contribution in [3.8, 4) is 0 Å². The summed E-state index contributed by atoms with van der Waals surface area (Å²) < 4.78 is 0. The van der Waals surface area contributed by atoms with Crippen molar-refractivity contribution in [2.24, 2.45) is 0 Å². The van der Waals surface area contributed by atoms with E-state index in [1.54, 1.807) is 0 Å². The standard InChI is InChI=1S/C17H17Cl2N/c1-11-6-7-13(18)10-17(11)20-14-8-12(9-14)15-4-2-3-5-16(15)19/h2-7,10,12,14,20H,8-9H2,1H3. The summed E-state index contributed by atoms with van der Waals surface area (Å²) in [7, 11) is 0. The molecule has 0 radical (unpaired) electrons. The van der Waals surface area contributed by atoms with Gasteiger partial charge in [-0.2, -0.15) is 0 Å². The Labute approximate surface area is 129 Å². The summed E-state index contributed by atoms with van der Waals surface area (Å²) in [6, 6.07) is 14.6. The van der Waals surface area contributed by atoms with Gasteiger partial charge in [0, 0.05) is 21.8 Å². The highest BCUT2D eigenvalue weighted by Gasteiger charge is 2.31. The summed E-state index contributed by atoms with van der Waals surface area (Å²) in [5.74, 6) is 0.570. The van der Waals surface area contributed by atoms with Crippen LogP contribution in [0, 0.1) is 6.92 Å². The first-order valence-corrected chi connectivity index (χ1v) is 7.66. The van der Waals surface area contributed by atoms with Gasteiger partial charge in [0.05, 0.1) is 0 Å². The molecular weight excluding hydrogens is 289 g/mol. The number of anilines is 1. The predicted molar refractivity (Wildman–Crippen MR) is 87.0 cm³/mol. The summed E-state index contributed by atoms with van der Waals surface area (Å²) in [5, 5.41) is 5.24. The van der Waals surface area contributed by atoms with Crippen LogP contribution in [0.2, 0.25) is 10.0 Å². The third-order valence-electron chi connectivity index (χ3n) is 4.04. The Hall–Kier alpha value is -1.18. The van der Waals surface area contributed by atoms with Gasteiger partial charge in [0.2, 0.25) is 0 Å². The number of halogens is 2. The summed E-state index contributed by atoms with van der Waals surface area (Å²) in [6.07, 6.45) is 2.24. The Bertz CT molecular complexity index is 618. The largest absolute Gasteiger partial charge is 0.382 e. The van der Waals surface area contributed by atoms with Crippen molar-refractivity contribution in [3.63, 3.8) is 0 Å². The number of nitrogens with one attached hydrogen (secondary N) is 1. The molecule has 3 heteroatoms. The number of hydrogen-bond donors (Lipinski definition) is 1. The molecule has 0 bridgehead atoms. The zero-order chi connectivity index (χ0) is 14.1. The molecule has 0 heterocycles. The maximum absolute atomic E-state index is 6.25. The molecule has 1 nitrogen and oxygen atoms in total. The highest BCUT2D eigenvalue weighted by atomic mass is 35.5. The number of hydrogen-bond acceptors (Lipinski definition) is 1. The fourth-order valence-electron chi connectivity index (χ4n) is 2.77. The minimum absolute atomic E-state index is 0.508. The quantitative estimate of drug-likeness (QED) is 0.771. The third-order valence-corrected chi connectivity index (χ3v) is 4.62. The Morgan fingerprint density at radius 1 is 1.05 bits per heavy atom. The molecule has 0 atom stereocenters. The fraction of sp³-hybridized carbons (Fsp3) is 0.294. The monoisotopic (exact) mass is 305 g/mol. The van der Waals surface area contributed by atoms with E-state index in [-0.39, 0.29) is 0 Å². The van der Waals surface area contributed by atoms with Crippen molar-refractivity contribution in [2.45, 2.75) is 31.7 Å². The van der Waals surface area contributed by atoms with Gasteiger partial charge in [0.1, 0.15) is 0 Å². The molecule has 0 amide bonds. The van der Waals surface area contributed by atoms with Gasteiger partial charge in [-0.05, 0) is 55.0 Å². The molecule has 1 aliphatic rings. The van der Waals surface area contributed by atoms with E-state index in [1.807, 2.05) is 24.3 Å². The van der Waals surface area contributed by atoms with Crippen LogP contribution in [0.15, 0.2) is 42.5 Å². The van der Waals surface area contributed by atoms with Crippen molar-refractivity contribution in [2.75, 3.05) is 5.32 Å². The van der Waals surface area contributed by atoms with Crippen LogP contribution >= 0.6 is 23.2 Å². The molecule has 1 N–H and O–H groups in total. The van der Waals surface area contributed by atoms with E-state index in [4.69, 9.17) is 23.2 Å². The van der Waals surface area contributed by atoms with Crippen LogP contribution in [0.25, 0.3) is 0 Å². The van der Waals surface area contributed by atoms with Crippen molar-refractivity contribution in [1.82, 2.24) is 0 Å². The van der Waals surface area contributed by atoms with Crippen molar-refractivity contribution in [3.05, 3.63) is 63.6 Å². The van der Waals surface area contributed by atoms with Gasteiger partial charge in [0.25, 0.3) is 0 Å². The van der Waals surface area contributed by atoms with Crippen molar-refractivity contribution >= 4 is 28.9 Å². The highest BCUT2D eigenvalue weighted by molar-refractivity contribution is 6.31. The molecule has 2 aromatic rings. The molecule has 3 rings (SSSR count). The molecule has 1 fully saturated rings. The van der Waals surface area contributed by atoms with Crippen LogP contribution in [-0.2, 0) is 0 Å². The number of rotatable bonds is 3. The number of benzene rings is 2. The molecule has 104 valence electrons. The van der Waals surface area contributed by atoms with Gasteiger partial charge >= 0.3 is 0 Å². The summed E-state index contributed by atoms with van der Waals surface area (Å²) in [6.45, 7) is 2.10. The Balaban J connectivity index is 1.64. The minimum atomic E-state index is 0.508. The average Bonchev–Trinajstić information content (AvgIpc) is 2.38. The lowest BCUT2D eigenvalue weighted by Gasteiger charge is -2.37. The normalized spacial score (nSPS) is 21.4. The highest BCUT2D eigenvalue weighted by Crippen LogP contribution is 2.41. The zero-order valence-electron chi connectivity index (χ0n) is 11.4. The van der Waals surface area contributed by atoms with Gasteiger partial charge < -0.3 is 5.32 Å². The fourth-order valence-corrected chi connectivity index (χ4v) is 3.23. The molecule has 0 spiro atoms. The molecule has 1 saturated carbocycles. The smallest absolute Gasteiger partial charge is 0.0440 e. The van der Waals surface area contributed by atoms with Crippen LogP contribution in [0.3, 0.4) is 0 Å². The van der Waals surface area contributed by atoms with Crippen molar-refractivity contribution < 1.29 is 0 Å². The summed E-state index contributed by atoms with van der Waals surface area (Å²) in [4.78, 5) is 0. The third kappa shape index (κ3) is 2.79. The molecule has 1 aliphatic carbocycles. The topological polar surface area (TPSA) is 12.0 Å². The Kier molecular flexibility index (Phi) is 3.91. The van der Waals surface area contributed by atoms with Crippen LogP contribution in [0.1, 0.15) is 29.9 Å². The van der Waals surface area contributed by atoms with Crippen LogP contribution in [-0.4, -0.2) is 6.04 Å². The summed E-state index contributed by atoms with van der Waals surface area (Å²) in [5.41, 5.74) is 3.64. The van der Waals surface area contributed by atoms with E-state index in [0.29, 0.717) is 12.0 Å². The second kappa shape index (κ2) is 5.67. The molecule has 20 heavy (non-hydrogen) atoms. The minimum Gasteiger partial charge on any atom is -0.382 e. The second-order valence-electron chi connectivity index (χ2n) is 5.49. The van der Waals surface area contributed by atoms with E-state index in [9.17, 15) is 0 Å². The lowest BCUT2D eigenvalue weighted by molar-refractivity contribution is 0.374. The first kappa shape index (κ1) is 13.8. The van der Waals surface area contributed by atoms with Crippen molar-refractivity contribution in [1.29, 1.82) is 0 Å². The van der Waals surface area contributed by atoms with Gasteiger partial charge in [-0.25, -0.2) is 0 Å². The average molecular weight is 306 g/mol. The Morgan fingerprint density at radius 2 is 1.80 bits per heavy atom. The van der Waals surface area contributed by atoms with Gasteiger partial charge in [-0.3, -0.25) is 0 Å². The lowest BCUT2D eigenvalue weighted by Crippen LogP contribution is -2.34. The van der Waals surface area contributed by atoms with E-state index in [0.717, 1.165) is 28.6 Å². The molecule has 0 saturated heterocycles. The molecular formula is C17H17Cl2N. The van der Waals surface area contributed by atoms with E-state index in [1.165, 1.54) is 11.1 Å². The zero-order valence-corrected chi connectivity index (χ0v) is 12.9. The summed E-state index contributed by atoms with van der Waals surface area (Å²) >= 11 is 12.3. The molecule has 2 aromatic carbocycles. The van der Waals surface area contributed by atoms with Crippen LogP contribution in [0.4, 0.5) is 5.69 Å². The maximum atomic E-state index is 6.25. The van der Waals surface area contributed by atoms with Crippen LogP contribution in [0.5, 0.6) is 0 Å². The van der Waals surface area contributed by atoms with Gasteiger partial charge in [-0.1, -0.05) is 47.5 Å². The van der Waals surface area contributed by atoms with Gasteiger partial charge in [0.15, 0.2) is 0 Å². The Morgan fingerprint density at radius 3 is 2.55 bits per heavy atom. The van der Waals surface area contributed by atoms with E-state index >= 15 is 0 Å². The first-order valence-electron chi connectivity index (χ1n) is 6.90. The van der Waals surface area contributed by atoms with E-state index < -0.39 is 0 Å². The first-order chi connectivity index (χ1) is 9.63. The number of aryl methyl sites for hydroxylation is 1. The SMILES string of the molecule is Cc1ccc(Cl)cc1NC1CC(c2ccccc2Cl)C1. The van der Waals surface area contributed by atoms with E-state index in [2.05, 4.69) is 30.4 Å². The van der Waals surface area contributed by atoms with Gasteiger partial charge in [-0.15, -0.1) is 0 Å². The van der Waals surface area contributed by atoms with Crippen LogP contribution < -0.4 is 5.32 Å². The molecule has 0 unspecified atom stereocenters.